The average Bonchev–Trinajstić information content (AvgIpc) is 2.21. The van der Waals surface area contributed by atoms with Gasteiger partial charge in [0.2, 0.25) is 5.91 Å². The molecule has 1 amide bonds. The fourth-order valence-electron chi connectivity index (χ4n) is 1.16. The van der Waals surface area contributed by atoms with Crippen molar-refractivity contribution in [2.24, 2.45) is 5.73 Å². The van der Waals surface area contributed by atoms with Crippen molar-refractivity contribution in [3.63, 3.8) is 0 Å². The van der Waals surface area contributed by atoms with Crippen molar-refractivity contribution in [3.05, 3.63) is 0 Å². The van der Waals surface area contributed by atoms with Crippen molar-refractivity contribution in [1.82, 2.24) is 4.90 Å². The van der Waals surface area contributed by atoms with Gasteiger partial charge in [0, 0.05) is 19.5 Å². The molecule has 0 rings (SSSR count). The Morgan fingerprint density at radius 2 is 2.13 bits per heavy atom. The third kappa shape index (κ3) is 7.94. The molecule has 15 heavy (non-hydrogen) atoms. The topological polar surface area (TPSA) is 46.3 Å². The average molecular weight is 255 g/mol. The highest BCUT2D eigenvalue weighted by Gasteiger charge is 2.14. The zero-order valence-electron chi connectivity index (χ0n) is 9.86. The summed E-state index contributed by atoms with van der Waals surface area (Å²) in [6, 6.07) is 0.340. The Bertz CT molecular complexity index is 170. The summed E-state index contributed by atoms with van der Waals surface area (Å²) in [5, 5.41) is 0. The van der Waals surface area contributed by atoms with Gasteiger partial charge in [0.05, 0.1) is 0 Å². The highest BCUT2D eigenvalue weighted by molar-refractivity contribution is 7.98. The molecule has 92 valence electrons. The van der Waals surface area contributed by atoms with Crippen LogP contribution in [0.5, 0.6) is 0 Å². The summed E-state index contributed by atoms with van der Waals surface area (Å²) in [4.78, 5) is 13.4. The first kappa shape index (κ1) is 17.5. The van der Waals surface area contributed by atoms with E-state index in [9.17, 15) is 4.79 Å². The number of nitrogens with zero attached hydrogens (tertiary/aromatic N) is 1. The molecular weight excluding hydrogens is 232 g/mol. The lowest BCUT2D eigenvalue weighted by molar-refractivity contribution is -0.131. The van der Waals surface area contributed by atoms with E-state index in [1.54, 1.807) is 0 Å². The minimum absolute atomic E-state index is 0. The van der Waals surface area contributed by atoms with Crippen LogP contribution in [0.4, 0.5) is 0 Å². The summed E-state index contributed by atoms with van der Waals surface area (Å²) in [6.07, 6.45) is 4.52. The first-order valence-corrected chi connectivity index (χ1v) is 6.47. The van der Waals surface area contributed by atoms with Crippen LogP contribution in [0.3, 0.4) is 0 Å². The molecule has 0 aromatic heterocycles. The molecule has 0 aromatic carbocycles. The van der Waals surface area contributed by atoms with Crippen LogP contribution >= 0.6 is 24.2 Å². The number of nitrogens with two attached hydrogens (primary N) is 1. The van der Waals surface area contributed by atoms with Crippen LogP contribution in [0.25, 0.3) is 0 Å². The van der Waals surface area contributed by atoms with E-state index in [1.165, 1.54) is 0 Å². The van der Waals surface area contributed by atoms with Crippen molar-refractivity contribution in [2.75, 3.05) is 25.6 Å². The molecule has 0 bridgehead atoms. The van der Waals surface area contributed by atoms with Gasteiger partial charge in [-0.25, -0.2) is 0 Å². The van der Waals surface area contributed by atoms with E-state index in [0.29, 0.717) is 19.0 Å². The van der Waals surface area contributed by atoms with Gasteiger partial charge in [-0.3, -0.25) is 4.79 Å². The number of amides is 1. The van der Waals surface area contributed by atoms with Gasteiger partial charge in [-0.15, -0.1) is 12.4 Å². The van der Waals surface area contributed by atoms with Crippen molar-refractivity contribution >= 4 is 30.1 Å². The highest BCUT2D eigenvalue weighted by Crippen LogP contribution is 2.07. The number of hydrogen-bond donors (Lipinski definition) is 1. The number of carbonyl (C=O) groups is 1. The highest BCUT2D eigenvalue weighted by atomic mass is 35.5. The predicted octanol–water partition coefficient (Wildman–Crippen LogP) is 1.75. The van der Waals surface area contributed by atoms with Gasteiger partial charge in [-0.2, -0.15) is 11.8 Å². The third-order valence-electron chi connectivity index (χ3n) is 2.39. The molecule has 0 aliphatic heterocycles. The summed E-state index contributed by atoms with van der Waals surface area (Å²) in [7, 11) is 1.88. The molecule has 0 radical (unpaired) electrons. The van der Waals surface area contributed by atoms with Crippen molar-refractivity contribution in [3.8, 4) is 0 Å². The number of halogens is 1. The van der Waals surface area contributed by atoms with Crippen LogP contribution < -0.4 is 5.73 Å². The number of rotatable bonds is 7. The van der Waals surface area contributed by atoms with Crippen molar-refractivity contribution in [2.45, 2.75) is 32.2 Å². The zero-order valence-corrected chi connectivity index (χ0v) is 11.5. The fourth-order valence-corrected chi connectivity index (χ4v) is 1.73. The Morgan fingerprint density at radius 1 is 1.53 bits per heavy atom. The lowest BCUT2D eigenvalue weighted by Crippen LogP contribution is -2.35. The summed E-state index contributed by atoms with van der Waals surface area (Å²) >= 11 is 1.82. The van der Waals surface area contributed by atoms with E-state index in [2.05, 4.69) is 13.2 Å². The van der Waals surface area contributed by atoms with E-state index in [0.717, 1.165) is 18.6 Å². The molecule has 3 nitrogen and oxygen atoms in total. The molecule has 1 unspecified atom stereocenters. The number of thioether (sulfide) groups is 1. The second-order valence-electron chi connectivity index (χ2n) is 3.53. The first-order chi connectivity index (χ1) is 6.63. The molecule has 0 spiro atoms. The van der Waals surface area contributed by atoms with E-state index in [4.69, 9.17) is 5.73 Å². The molecule has 0 fully saturated rings. The van der Waals surface area contributed by atoms with Gasteiger partial charge < -0.3 is 10.6 Å². The molecule has 0 aliphatic carbocycles. The summed E-state index contributed by atoms with van der Waals surface area (Å²) < 4.78 is 0. The second kappa shape index (κ2) is 10.6. The van der Waals surface area contributed by atoms with Crippen molar-refractivity contribution in [1.29, 1.82) is 0 Å². The Labute approximate surface area is 104 Å². The van der Waals surface area contributed by atoms with Gasteiger partial charge in [0.1, 0.15) is 0 Å². The Balaban J connectivity index is 0. The van der Waals surface area contributed by atoms with Gasteiger partial charge in [-0.05, 0) is 38.3 Å². The van der Waals surface area contributed by atoms with Crippen LogP contribution in [0.2, 0.25) is 0 Å². The summed E-state index contributed by atoms with van der Waals surface area (Å²) in [6.45, 7) is 2.69. The van der Waals surface area contributed by atoms with E-state index >= 15 is 0 Å². The smallest absolute Gasteiger partial charge is 0.222 e. The third-order valence-corrected chi connectivity index (χ3v) is 3.03. The Kier molecular flexibility index (Phi) is 12.3. The lowest BCUT2D eigenvalue weighted by atomic mass is 10.2. The van der Waals surface area contributed by atoms with Gasteiger partial charge in [0.25, 0.3) is 0 Å². The lowest BCUT2D eigenvalue weighted by Gasteiger charge is -2.24. The van der Waals surface area contributed by atoms with Crippen LogP contribution in [0, 0.1) is 0 Å². The Hall–Kier alpha value is 0.0700. The predicted molar refractivity (Wildman–Crippen MR) is 70.8 cm³/mol. The molecule has 0 saturated heterocycles. The molecule has 2 N–H and O–H groups in total. The van der Waals surface area contributed by atoms with Crippen molar-refractivity contribution < 1.29 is 4.79 Å². The van der Waals surface area contributed by atoms with Gasteiger partial charge in [-0.1, -0.05) is 0 Å². The number of carbonyl (C=O) groups excluding carboxylic acids is 1. The maximum atomic E-state index is 11.6. The molecule has 0 aliphatic rings. The van der Waals surface area contributed by atoms with E-state index in [-0.39, 0.29) is 18.3 Å². The second-order valence-corrected chi connectivity index (χ2v) is 4.51. The monoisotopic (exact) mass is 254 g/mol. The van der Waals surface area contributed by atoms with Crippen LogP contribution in [-0.4, -0.2) is 42.4 Å². The quantitative estimate of drug-likeness (QED) is 0.753. The van der Waals surface area contributed by atoms with Crippen LogP contribution in [-0.2, 0) is 4.79 Å². The minimum atomic E-state index is 0. The van der Waals surface area contributed by atoms with Crippen LogP contribution in [0.1, 0.15) is 26.2 Å². The van der Waals surface area contributed by atoms with Gasteiger partial charge >= 0.3 is 0 Å². The Morgan fingerprint density at radius 3 is 2.60 bits per heavy atom. The maximum absolute atomic E-state index is 11.6. The van der Waals surface area contributed by atoms with E-state index in [1.807, 2.05) is 23.7 Å². The minimum Gasteiger partial charge on any atom is -0.343 e. The maximum Gasteiger partial charge on any atom is 0.222 e. The molecule has 1 atom stereocenters. The normalized spacial score (nSPS) is 11.7. The summed E-state index contributed by atoms with van der Waals surface area (Å²) in [5.74, 6) is 1.32. The molecule has 0 heterocycles. The van der Waals surface area contributed by atoms with Gasteiger partial charge in [0.15, 0.2) is 0 Å². The molecule has 0 aromatic rings. The van der Waals surface area contributed by atoms with E-state index < -0.39 is 0 Å². The zero-order chi connectivity index (χ0) is 11.0. The largest absolute Gasteiger partial charge is 0.343 e. The molecule has 5 heteroatoms. The summed E-state index contributed by atoms with van der Waals surface area (Å²) in [5.41, 5.74) is 5.36. The van der Waals surface area contributed by atoms with Crippen LogP contribution in [0.15, 0.2) is 0 Å². The molecule has 0 saturated carbocycles. The SMILES string of the molecule is CSCCC(C)N(C)C(=O)CCCN.Cl. The fraction of sp³-hybridized carbons (Fsp3) is 0.900. The molecular formula is C10H23ClN2OS. The number of hydrogen-bond acceptors (Lipinski definition) is 3. The first-order valence-electron chi connectivity index (χ1n) is 5.08. The standard InChI is InChI=1S/C10H22N2OS.ClH/c1-9(6-8-14-3)12(2)10(13)5-4-7-11;/h9H,4-8,11H2,1-3H3;1H.